The molecule has 2 nitrogen and oxygen atoms in total. The Bertz CT molecular complexity index is 239. The number of imidazole rings is 1. The van der Waals surface area contributed by atoms with Crippen LogP contribution < -0.4 is 0 Å². The van der Waals surface area contributed by atoms with Gasteiger partial charge in [-0.25, -0.2) is 0 Å². The van der Waals surface area contributed by atoms with Crippen LogP contribution >= 0.6 is 33.8 Å². The van der Waals surface area contributed by atoms with Crippen LogP contribution in [0.25, 0.3) is 0 Å². The van der Waals surface area contributed by atoms with E-state index in [1.54, 1.807) is 21.6 Å². The number of rotatable bonds is 3. The van der Waals surface area contributed by atoms with Crippen molar-refractivity contribution in [2.75, 3.05) is 5.75 Å². The third-order valence-electron chi connectivity index (χ3n) is 0.838. The van der Waals surface area contributed by atoms with Gasteiger partial charge >= 0.3 is 0 Å². The second-order valence-corrected chi connectivity index (χ2v) is 4.63. The number of aromatic nitrogens is 2. The summed E-state index contributed by atoms with van der Waals surface area (Å²) in [5.74, 6) is 1.11. The highest BCUT2D eigenvalue weighted by molar-refractivity contribution is 8.76. The van der Waals surface area contributed by atoms with E-state index in [2.05, 4.69) is 16.9 Å². The Morgan fingerprint density at radius 2 is 2.50 bits per heavy atom. The van der Waals surface area contributed by atoms with E-state index in [-0.39, 0.29) is 0 Å². The van der Waals surface area contributed by atoms with Crippen LogP contribution in [0.2, 0.25) is 0 Å². The first kappa shape index (κ1) is 8.23. The van der Waals surface area contributed by atoms with Crippen molar-refractivity contribution >= 4 is 33.8 Å². The van der Waals surface area contributed by atoms with Crippen LogP contribution in [0, 0.1) is 4.77 Å². The summed E-state index contributed by atoms with van der Waals surface area (Å²) in [4.78, 5) is 5.91. The molecule has 0 saturated carbocycles. The second-order valence-electron chi connectivity index (χ2n) is 1.60. The molecule has 0 spiro atoms. The predicted molar refractivity (Wildman–Crippen MR) is 50.0 cm³/mol. The van der Waals surface area contributed by atoms with Crippen LogP contribution in [-0.2, 0) is 0 Å². The highest BCUT2D eigenvalue weighted by Gasteiger charge is 1.92. The molecular formula is C5H8N2S3. The van der Waals surface area contributed by atoms with Crippen molar-refractivity contribution in [2.45, 2.75) is 11.9 Å². The summed E-state index contributed by atoms with van der Waals surface area (Å²) in [5, 5.41) is 1.09. The molecule has 0 aliphatic carbocycles. The summed E-state index contributed by atoms with van der Waals surface area (Å²) in [7, 11) is 3.50. The highest BCUT2D eigenvalue weighted by atomic mass is 33.1. The van der Waals surface area contributed by atoms with Gasteiger partial charge in [-0.05, 0) is 23.0 Å². The molecule has 0 aliphatic heterocycles. The number of nitrogens with one attached hydrogen (secondary N) is 2. The van der Waals surface area contributed by atoms with Crippen molar-refractivity contribution in [3.8, 4) is 0 Å². The molecule has 0 aromatic carbocycles. The summed E-state index contributed by atoms with van der Waals surface area (Å²) in [6, 6.07) is 0. The summed E-state index contributed by atoms with van der Waals surface area (Å²) >= 11 is 4.85. The first-order valence-corrected chi connectivity index (χ1v) is 5.63. The van der Waals surface area contributed by atoms with Gasteiger partial charge in [-0.3, -0.25) is 0 Å². The van der Waals surface area contributed by atoms with Gasteiger partial charge in [0.25, 0.3) is 0 Å². The third-order valence-corrected chi connectivity index (χ3v) is 3.41. The third kappa shape index (κ3) is 2.40. The van der Waals surface area contributed by atoms with Crippen LogP contribution in [0.5, 0.6) is 0 Å². The Morgan fingerprint density at radius 3 is 3.00 bits per heavy atom. The van der Waals surface area contributed by atoms with Gasteiger partial charge in [-0.2, -0.15) is 0 Å². The molecule has 0 amide bonds. The van der Waals surface area contributed by atoms with E-state index in [0.717, 1.165) is 10.8 Å². The Labute approximate surface area is 72.6 Å². The Balaban J connectivity index is 2.50. The van der Waals surface area contributed by atoms with Crippen LogP contribution in [0.15, 0.2) is 11.2 Å². The molecule has 0 saturated heterocycles. The smallest absolute Gasteiger partial charge is 0.175 e. The molecule has 1 aromatic heterocycles. The SMILES string of the molecule is CCSSc1c[nH]c(=S)[nH]1. The van der Waals surface area contributed by atoms with Crippen molar-refractivity contribution in [1.82, 2.24) is 9.97 Å². The van der Waals surface area contributed by atoms with Gasteiger partial charge in [0.05, 0.1) is 0 Å². The van der Waals surface area contributed by atoms with Crippen molar-refractivity contribution in [3.63, 3.8) is 0 Å². The minimum absolute atomic E-state index is 0.694. The number of aromatic amines is 2. The number of hydrogen-bond donors (Lipinski definition) is 2. The molecule has 56 valence electrons. The van der Waals surface area contributed by atoms with Gasteiger partial charge in [-0.1, -0.05) is 17.7 Å². The molecule has 0 bridgehead atoms. The van der Waals surface area contributed by atoms with E-state index in [0.29, 0.717) is 4.77 Å². The fourth-order valence-electron chi connectivity index (χ4n) is 0.482. The molecule has 0 unspecified atom stereocenters. The fraction of sp³-hybridized carbons (Fsp3) is 0.400. The zero-order valence-electron chi connectivity index (χ0n) is 5.51. The standard InChI is InChI=1S/C5H8N2S3/c1-2-9-10-4-3-6-5(8)7-4/h3H,2H2,1H3,(H2,6,7,8). The topological polar surface area (TPSA) is 31.6 Å². The molecule has 0 aliphatic rings. The maximum atomic E-state index is 4.85. The first-order valence-electron chi connectivity index (χ1n) is 2.90. The lowest BCUT2D eigenvalue weighted by molar-refractivity contribution is 1.18. The Hall–Kier alpha value is 0.130. The molecule has 0 radical (unpaired) electrons. The summed E-state index contributed by atoms with van der Waals surface area (Å²) < 4.78 is 0.694. The van der Waals surface area contributed by atoms with Gasteiger partial charge in [0.2, 0.25) is 0 Å². The Morgan fingerprint density at radius 1 is 1.70 bits per heavy atom. The lowest BCUT2D eigenvalue weighted by Gasteiger charge is -1.89. The highest BCUT2D eigenvalue weighted by Crippen LogP contribution is 2.28. The minimum Gasteiger partial charge on any atom is -0.336 e. The van der Waals surface area contributed by atoms with Crippen LogP contribution in [0.1, 0.15) is 6.92 Å². The quantitative estimate of drug-likeness (QED) is 0.570. The summed E-state index contributed by atoms with van der Waals surface area (Å²) in [6.07, 6.45) is 1.88. The fourth-order valence-corrected chi connectivity index (χ4v) is 2.22. The molecule has 5 heteroatoms. The van der Waals surface area contributed by atoms with Crippen molar-refractivity contribution in [3.05, 3.63) is 11.0 Å². The molecule has 1 heterocycles. The van der Waals surface area contributed by atoms with Gasteiger partial charge in [-0.15, -0.1) is 0 Å². The van der Waals surface area contributed by atoms with E-state index in [4.69, 9.17) is 12.2 Å². The van der Waals surface area contributed by atoms with Crippen LogP contribution in [0.4, 0.5) is 0 Å². The second kappa shape index (κ2) is 4.10. The average Bonchev–Trinajstić information content (AvgIpc) is 2.31. The molecule has 2 N–H and O–H groups in total. The predicted octanol–water partition coefficient (Wildman–Crippen LogP) is 2.83. The van der Waals surface area contributed by atoms with E-state index < -0.39 is 0 Å². The molecular weight excluding hydrogens is 184 g/mol. The molecule has 10 heavy (non-hydrogen) atoms. The van der Waals surface area contributed by atoms with Crippen LogP contribution in [0.3, 0.4) is 0 Å². The Kier molecular flexibility index (Phi) is 3.37. The van der Waals surface area contributed by atoms with Crippen molar-refractivity contribution < 1.29 is 0 Å². The van der Waals surface area contributed by atoms with E-state index in [1.807, 2.05) is 6.20 Å². The summed E-state index contributed by atoms with van der Waals surface area (Å²) in [6.45, 7) is 2.12. The average molecular weight is 192 g/mol. The monoisotopic (exact) mass is 192 g/mol. The van der Waals surface area contributed by atoms with E-state index in [1.165, 1.54) is 0 Å². The van der Waals surface area contributed by atoms with E-state index >= 15 is 0 Å². The maximum absolute atomic E-state index is 4.85. The molecule has 0 fully saturated rings. The van der Waals surface area contributed by atoms with Crippen molar-refractivity contribution in [1.29, 1.82) is 0 Å². The lowest BCUT2D eigenvalue weighted by Crippen LogP contribution is -1.64. The minimum atomic E-state index is 0.694. The lowest BCUT2D eigenvalue weighted by atomic mass is 11.0. The van der Waals surface area contributed by atoms with Gasteiger partial charge in [0.1, 0.15) is 5.03 Å². The molecule has 0 atom stereocenters. The maximum Gasteiger partial charge on any atom is 0.175 e. The zero-order valence-corrected chi connectivity index (χ0v) is 7.96. The largest absolute Gasteiger partial charge is 0.336 e. The molecule has 1 rings (SSSR count). The first-order chi connectivity index (χ1) is 4.83. The molecule has 1 aromatic rings. The summed E-state index contributed by atoms with van der Waals surface area (Å²) in [5.41, 5.74) is 0. The number of hydrogen-bond acceptors (Lipinski definition) is 3. The van der Waals surface area contributed by atoms with Crippen molar-refractivity contribution in [2.24, 2.45) is 0 Å². The number of H-pyrrole nitrogens is 2. The zero-order chi connectivity index (χ0) is 7.40. The van der Waals surface area contributed by atoms with E-state index in [9.17, 15) is 0 Å². The van der Waals surface area contributed by atoms with Crippen LogP contribution in [-0.4, -0.2) is 15.7 Å². The van der Waals surface area contributed by atoms with Gasteiger partial charge in [0, 0.05) is 11.9 Å². The van der Waals surface area contributed by atoms with Gasteiger partial charge < -0.3 is 9.97 Å². The normalized spacial score (nSPS) is 10.1. The van der Waals surface area contributed by atoms with Gasteiger partial charge in [0.15, 0.2) is 4.77 Å².